The van der Waals surface area contributed by atoms with Crippen LogP contribution in [-0.2, 0) is 0 Å². The van der Waals surface area contributed by atoms with Gasteiger partial charge >= 0.3 is 0 Å². The first-order valence-electron chi connectivity index (χ1n) is 7.54. The van der Waals surface area contributed by atoms with Crippen LogP contribution < -0.4 is 32.9 Å². The number of allylic oxidation sites excluding steroid dienone is 1. The Morgan fingerprint density at radius 2 is 0.917 bits per heavy atom. The Kier molecular flexibility index (Phi) is 8.57. The standard InChI is InChI=1S/C21H20P.BrH.H3P/c1-2-18-22(19-12-6-3-7-13-19,20-14-8-4-9-15-20)21-16-10-5-11-17-21;;/h2-17H,1,18H2;1H;1H3/q+1;;/p-1. The van der Waals surface area contributed by atoms with Crippen molar-refractivity contribution in [2.75, 3.05) is 6.16 Å². The van der Waals surface area contributed by atoms with Crippen molar-refractivity contribution in [3.63, 3.8) is 0 Å². The third-order valence-corrected chi connectivity index (χ3v) is 8.34. The van der Waals surface area contributed by atoms with E-state index in [-0.39, 0.29) is 26.9 Å². The van der Waals surface area contributed by atoms with Crippen LogP contribution in [0.2, 0.25) is 0 Å². The van der Waals surface area contributed by atoms with Gasteiger partial charge in [-0.2, -0.15) is 9.90 Å². The normalized spacial score (nSPS) is 10.2. The maximum Gasteiger partial charge on any atom is 0.115 e. The highest BCUT2D eigenvalue weighted by molar-refractivity contribution is 7.95. The highest BCUT2D eigenvalue weighted by atomic mass is 79.9. The van der Waals surface area contributed by atoms with E-state index in [2.05, 4.69) is 104 Å². The first-order chi connectivity index (χ1) is 10.9. The van der Waals surface area contributed by atoms with E-state index in [1.807, 2.05) is 0 Å². The van der Waals surface area contributed by atoms with Gasteiger partial charge in [0, 0.05) is 0 Å². The fourth-order valence-electron chi connectivity index (χ4n) is 3.00. The molecule has 3 aromatic carbocycles. The molecular formula is C21H23BrP2. The lowest BCUT2D eigenvalue weighted by Crippen LogP contribution is -3.00. The molecule has 0 amide bonds. The van der Waals surface area contributed by atoms with Crippen LogP contribution in [0.4, 0.5) is 0 Å². The lowest BCUT2D eigenvalue weighted by atomic mass is 10.4. The van der Waals surface area contributed by atoms with Gasteiger partial charge in [0.05, 0.1) is 6.16 Å². The van der Waals surface area contributed by atoms with E-state index in [4.69, 9.17) is 0 Å². The fraction of sp³-hybridized carbons (Fsp3) is 0.0476. The second-order valence-electron chi connectivity index (χ2n) is 5.29. The van der Waals surface area contributed by atoms with Crippen LogP contribution in [0.25, 0.3) is 0 Å². The summed E-state index contributed by atoms with van der Waals surface area (Å²) in [6.45, 7) is 4.05. The van der Waals surface area contributed by atoms with Gasteiger partial charge in [0.1, 0.15) is 23.2 Å². The predicted molar refractivity (Wildman–Crippen MR) is 111 cm³/mol. The molecule has 1 unspecified atom stereocenters. The molecule has 0 fully saturated rings. The molecule has 0 aliphatic carbocycles. The topological polar surface area (TPSA) is 0 Å². The number of benzene rings is 3. The second kappa shape index (κ2) is 9.90. The van der Waals surface area contributed by atoms with Crippen LogP contribution in [0.3, 0.4) is 0 Å². The van der Waals surface area contributed by atoms with Gasteiger partial charge in [-0.05, 0) is 36.4 Å². The summed E-state index contributed by atoms with van der Waals surface area (Å²) < 4.78 is 0. The van der Waals surface area contributed by atoms with Gasteiger partial charge in [0.25, 0.3) is 0 Å². The third-order valence-electron chi connectivity index (χ3n) is 3.99. The van der Waals surface area contributed by atoms with E-state index >= 15 is 0 Å². The van der Waals surface area contributed by atoms with Gasteiger partial charge in [0.15, 0.2) is 0 Å². The van der Waals surface area contributed by atoms with Gasteiger partial charge < -0.3 is 17.0 Å². The zero-order valence-corrected chi connectivity index (χ0v) is 17.6. The molecule has 0 nitrogen and oxygen atoms in total. The van der Waals surface area contributed by atoms with Crippen LogP contribution in [0.5, 0.6) is 0 Å². The average molecular weight is 417 g/mol. The van der Waals surface area contributed by atoms with Gasteiger partial charge in [-0.15, -0.1) is 0 Å². The van der Waals surface area contributed by atoms with E-state index in [1.165, 1.54) is 15.9 Å². The van der Waals surface area contributed by atoms with Gasteiger partial charge in [-0.3, -0.25) is 0 Å². The minimum atomic E-state index is -1.67. The molecule has 124 valence electrons. The van der Waals surface area contributed by atoms with Crippen molar-refractivity contribution < 1.29 is 17.0 Å². The van der Waals surface area contributed by atoms with Gasteiger partial charge in [0.2, 0.25) is 0 Å². The van der Waals surface area contributed by atoms with E-state index in [9.17, 15) is 0 Å². The summed E-state index contributed by atoms with van der Waals surface area (Å²) in [5, 5.41) is 4.23. The Morgan fingerprint density at radius 3 is 1.17 bits per heavy atom. The van der Waals surface area contributed by atoms with Crippen LogP contribution in [0, 0.1) is 0 Å². The largest absolute Gasteiger partial charge is 1.00 e. The molecule has 0 aliphatic rings. The summed E-state index contributed by atoms with van der Waals surface area (Å²) in [6.07, 6.45) is 3.05. The van der Waals surface area contributed by atoms with E-state index < -0.39 is 7.26 Å². The molecule has 0 heterocycles. The Morgan fingerprint density at radius 1 is 0.625 bits per heavy atom. The summed E-state index contributed by atoms with van der Waals surface area (Å²) in [5.41, 5.74) is 0. The monoisotopic (exact) mass is 416 g/mol. The maximum absolute atomic E-state index is 4.05. The number of hydrogen-bond acceptors (Lipinski definition) is 0. The molecule has 0 spiro atoms. The molecule has 1 atom stereocenters. The minimum absolute atomic E-state index is 0. The molecule has 0 aromatic heterocycles. The smallest absolute Gasteiger partial charge is 0.115 e. The maximum atomic E-state index is 4.05. The van der Waals surface area contributed by atoms with E-state index in [0.717, 1.165) is 6.16 Å². The number of hydrogen-bond donors (Lipinski definition) is 0. The summed E-state index contributed by atoms with van der Waals surface area (Å²) in [5.74, 6) is 0. The Hall–Kier alpha value is -1.26. The zero-order valence-electron chi connectivity index (χ0n) is 13.7. The fourth-order valence-corrected chi connectivity index (χ4v) is 6.96. The van der Waals surface area contributed by atoms with E-state index in [1.54, 1.807) is 0 Å². The molecule has 3 aromatic rings. The molecule has 0 saturated heterocycles. The zero-order chi connectivity index (χ0) is 15.3. The van der Waals surface area contributed by atoms with Crippen molar-refractivity contribution in [3.05, 3.63) is 104 Å². The van der Waals surface area contributed by atoms with Crippen LogP contribution in [0.1, 0.15) is 0 Å². The molecule has 3 rings (SSSR count). The molecule has 0 N–H and O–H groups in total. The summed E-state index contributed by atoms with van der Waals surface area (Å²) in [4.78, 5) is 0. The molecule has 0 bridgehead atoms. The Labute approximate surface area is 159 Å². The Balaban J connectivity index is 0.00000144. The Bertz CT molecular complexity index is 631. The quantitative estimate of drug-likeness (QED) is 0.433. The number of halogens is 1. The first kappa shape index (κ1) is 20.8. The first-order valence-corrected chi connectivity index (χ1v) is 9.51. The van der Waals surface area contributed by atoms with Crippen molar-refractivity contribution in [3.8, 4) is 0 Å². The molecule has 24 heavy (non-hydrogen) atoms. The summed E-state index contributed by atoms with van der Waals surface area (Å²) >= 11 is 0. The molecule has 0 radical (unpaired) electrons. The summed E-state index contributed by atoms with van der Waals surface area (Å²) in [7, 11) is -1.67. The van der Waals surface area contributed by atoms with Crippen molar-refractivity contribution in [1.29, 1.82) is 0 Å². The molecule has 0 aliphatic heterocycles. The molecular weight excluding hydrogens is 394 g/mol. The highest BCUT2D eigenvalue weighted by Gasteiger charge is 2.43. The van der Waals surface area contributed by atoms with Crippen LogP contribution in [0.15, 0.2) is 104 Å². The molecule has 3 heteroatoms. The van der Waals surface area contributed by atoms with E-state index in [0.29, 0.717) is 0 Å². The predicted octanol–water partition coefficient (Wildman–Crippen LogP) is 1.23. The van der Waals surface area contributed by atoms with Crippen molar-refractivity contribution in [2.24, 2.45) is 0 Å². The average Bonchev–Trinajstić information content (AvgIpc) is 2.62. The molecule has 0 saturated carbocycles. The van der Waals surface area contributed by atoms with Crippen molar-refractivity contribution in [2.45, 2.75) is 0 Å². The second-order valence-corrected chi connectivity index (χ2v) is 8.82. The third kappa shape index (κ3) is 4.04. The van der Waals surface area contributed by atoms with Crippen molar-refractivity contribution in [1.82, 2.24) is 0 Å². The van der Waals surface area contributed by atoms with Gasteiger partial charge in [-0.1, -0.05) is 67.3 Å². The SMILES string of the molecule is C=CC[P+](c1ccccc1)(c1ccccc1)c1ccccc1.P.[Br-]. The summed E-state index contributed by atoms with van der Waals surface area (Å²) in [6, 6.07) is 32.7. The van der Waals surface area contributed by atoms with Crippen LogP contribution >= 0.6 is 17.2 Å². The van der Waals surface area contributed by atoms with Crippen LogP contribution in [-0.4, -0.2) is 6.16 Å². The van der Waals surface area contributed by atoms with Crippen molar-refractivity contribution >= 4 is 33.1 Å². The lowest BCUT2D eigenvalue weighted by molar-refractivity contribution is -0.00000439. The number of rotatable bonds is 5. The lowest BCUT2D eigenvalue weighted by Gasteiger charge is -2.26. The minimum Gasteiger partial charge on any atom is -1.00 e. The van der Waals surface area contributed by atoms with Gasteiger partial charge in [-0.25, -0.2) is 0 Å². The highest BCUT2D eigenvalue weighted by Crippen LogP contribution is 2.55.